The van der Waals surface area contributed by atoms with Crippen LogP contribution < -0.4 is 0 Å². The van der Waals surface area contributed by atoms with Crippen molar-refractivity contribution in [3.63, 3.8) is 0 Å². The summed E-state index contributed by atoms with van der Waals surface area (Å²) in [5, 5.41) is 7.30. The SMILES string of the molecule is S=C([S-])ON1CCSCC1.S=C([S-])ON1CCSCC1.S=C([S-])ON1CCSCC1.S=C([S-])ON1CCSCC1.[Mo+4]. The van der Waals surface area contributed by atoms with Crippen molar-refractivity contribution in [3.05, 3.63) is 0 Å². The van der Waals surface area contributed by atoms with E-state index in [-0.39, 0.29) is 38.6 Å². The molecule has 0 aromatic heterocycles. The van der Waals surface area contributed by atoms with Crippen LogP contribution >= 0.6 is 95.9 Å². The molecule has 21 heteroatoms. The van der Waals surface area contributed by atoms with Gasteiger partial charge in [0.05, 0.1) is 17.5 Å². The van der Waals surface area contributed by atoms with Crippen molar-refractivity contribution in [1.29, 1.82) is 0 Å². The van der Waals surface area contributed by atoms with Gasteiger partial charge >= 0.3 is 21.1 Å². The Labute approximate surface area is 319 Å². The molecule has 0 bridgehead atoms. The molecular weight excluding hydrogens is 841 g/mol. The van der Waals surface area contributed by atoms with E-state index in [0.29, 0.717) is 0 Å². The summed E-state index contributed by atoms with van der Waals surface area (Å²) in [4.78, 5) is 20.2. The van der Waals surface area contributed by atoms with Gasteiger partial charge in [0.1, 0.15) is 0 Å². The average molecular weight is 873 g/mol. The summed E-state index contributed by atoms with van der Waals surface area (Å²) in [5.74, 6) is 8.87. The summed E-state index contributed by atoms with van der Waals surface area (Å²) in [6, 6.07) is 0. The molecule has 0 aromatic rings. The van der Waals surface area contributed by atoms with Crippen LogP contribution in [0, 0.1) is 0 Å². The second-order valence-corrected chi connectivity index (χ2v) is 16.4. The van der Waals surface area contributed by atoms with Gasteiger partial charge in [0.25, 0.3) is 0 Å². The maximum atomic E-state index is 5.06. The third-order valence-electron chi connectivity index (χ3n) is 4.69. The first-order valence-corrected chi connectivity index (χ1v) is 19.9. The number of hydrogen-bond donors (Lipinski definition) is 0. The predicted molar refractivity (Wildman–Crippen MR) is 200 cm³/mol. The summed E-state index contributed by atoms with van der Waals surface area (Å²) < 4.78 is 0.803. The number of thioether (sulfide) groups is 4. The smallest absolute Gasteiger partial charge is 0.426 e. The third kappa shape index (κ3) is 27.2. The van der Waals surface area contributed by atoms with Crippen LogP contribution in [0.3, 0.4) is 0 Å². The summed E-state index contributed by atoms with van der Waals surface area (Å²) in [6.07, 6.45) is 0. The molecule has 8 nitrogen and oxygen atoms in total. The molecule has 4 fully saturated rings. The van der Waals surface area contributed by atoms with Gasteiger partial charge in [-0.2, -0.15) is 47.0 Å². The second-order valence-electron chi connectivity index (χ2n) is 7.53. The Hall–Kier alpha value is 2.37. The standard InChI is InChI=1S/4C5H9NOS3.Mo/c4*8-5(9)7-6-1-3-10-4-2-6;/h4*1-4H2,(H,8,9);/q;;;;+4/p-4. The van der Waals surface area contributed by atoms with Crippen LogP contribution in [0.25, 0.3) is 0 Å². The average Bonchev–Trinajstić information content (AvgIpc) is 2.91. The van der Waals surface area contributed by atoms with Gasteiger partial charge in [-0.25, -0.2) is 0 Å². The maximum Gasteiger partial charge on any atom is 4.00 e. The van der Waals surface area contributed by atoms with E-state index in [1.165, 1.54) is 0 Å². The van der Waals surface area contributed by atoms with Gasteiger partial charge in [0.15, 0.2) is 0 Å². The van der Waals surface area contributed by atoms with E-state index in [2.05, 4.69) is 99.4 Å². The number of hydroxylamine groups is 8. The van der Waals surface area contributed by atoms with Crippen LogP contribution in [0.4, 0.5) is 0 Å². The minimum Gasteiger partial charge on any atom is -0.426 e. The topological polar surface area (TPSA) is 49.9 Å². The molecule has 4 heterocycles. The molecule has 4 aliphatic heterocycles. The molecule has 0 aromatic carbocycles. The van der Waals surface area contributed by atoms with Crippen LogP contribution in [0.5, 0.6) is 0 Å². The normalized spacial score (nSPS) is 19.9. The third-order valence-corrected chi connectivity index (χ3v) is 9.06. The molecule has 0 amide bonds. The second kappa shape index (κ2) is 28.6. The maximum absolute atomic E-state index is 5.06. The van der Waals surface area contributed by atoms with E-state index in [1.807, 2.05) is 67.3 Å². The Morgan fingerprint density at radius 2 is 0.537 bits per heavy atom. The van der Waals surface area contributed by atoms with E-state index in [4.69, 9.17) is 19.4 Å². The molecule has 4 saturated heterocycles. The Balaban J connectivity index is 0.000000516. The van der Waals surface area contributed by atoms with E-state index >= 15 is 0 Å². The number of thiocarbonyl (C=S) groups is 4. The van der Waals surface area contributed by atoms with Crippen LogP contribution in [0.1, 0.15) is 0 Å². The Bertz CT molecular complexity index is 623. The summed E-state index contributed by atoms with van der Waals surface area (Å²) >= 11 is 44.7. The zero-order chi connectivity index (χ0) is 29.6. The van der Waals surface area contributed by atoms with Crippen molar-refractivity contribution in [2.45, 2.75) is 0 Å². The molecular formula is C20H32MoN4O4S12. The molecule has 0 unspecified atom stereocenters. The fraction of sp³-hybridized carbons (Fsp3) is 0.800. The van der Waals surface area contributed by atoms with Crippen molar-refractivity contribution in [2.24, 2.45) is 0 Å². The van der Waals surface area contributed by atoms with Gasteiger partial charge in [0.2, 0.25) is 0 Å². The van der Waals surface area contributed by atoms with Gasteiger partial charge in [-0.05, 0) is 0 Å². The van der Waals surface area contributed by atoms with Crippen LogP contribution in [-0.2, 0) is 90.9 Å². The number of rotatable bonds is 4. The largest absolute Gasteiger partial charge is 4.00 e. The molecule has 0 spiro atoms. The quantitative estimate of drug-likeness (QED) is 0.236. The van der Waals surface area contributed by atoms with E-state index in [1.54, 1.807) is 0 Å². The minimum absolute atomic E-state index is 0. The van der Waals surface area contributed by atoms with Gasteiger partial charge < -0.3 is 119 Å². The van der Waals surface area contributed by atoms with E-state index < -0.39 is 0 Å². The molecule has 0 N–H and O–H groups in total. The van der Waals surface area contributed by atoms with Crippen molar-refractivity contribution in [1.82, 2.24) is 20.3 Å². The Morgan fingerprint density at radius 3 is 0.659 bits per heavy atom. The fourth-order valence-electron chi connectivity index (χ4n) is 2.97. The molecule has 234 valence electrons. The zero-order valence-electron chi connectivity index (χ0n) is 22.0. The molecule has 0 saturated carbocycles. The first kappa shape index (κ1) is 43.4. The molecule has 0 atom stereocenters. The van der Waals surface area contributed by atoms with Gasteiger partial charge in [-0.15, -0.1) is 20.3 Å². The number of hydrogen-bond acceptors (Lipinski definition) is 20. The molecule has 0 radical (unpaired) electrons. The Kier molecular flexibility index (Phi) is 30.2. The zero-order valence-corrected chi connectivity index (χ0v) is 33.8. The van der Waals surface area contributed by atoms with Gasteiger partial charge in [-0.1, -0.05) is 0 Å². The first-order chi connectivity index (χ1) is 19.2. The molecule has 41 heavy (non-hydrogen) atoms. The van der Waals surface area contributed by atoms with E-state index in [9.17, 15) is 0 Å². The fourth-order valence-corrected chi connectivity index (χ4v) is 7.29. The predicted octanol–water partition coefficient (Wildman–Crippen LogP) is 3.19. The monoisotopic (exact) mass is 874 g/mol. The van der Waals surface area contributed by atoms with Crippen LogP contribution in [-0.4, -0.2) is 136 Å². The van der Waals surface area contributed by atoms with Crippen LogP contribution in [0.2, 0.25) is 0 Å². The van der Waals surface area contributed by atoms with Crippen molar-refractivity contribution in [2.75, 3.05) is 98.4 Å². The number of nitrogens with zero attached hydrogens (tertiary/aromatic N) is 4. The molecule has 4 aliphatic rings. The minimum atomic E-state index is 0. The Morgan fingerprint density at radius 1 is 0.390 bits per heavy atom. The van der Waals surface area contributed by atoms with Crippen molar-refractivity contribution in [3.8, 4) is 0 Å². The van der Waals surface area contributed by atoms with Crippen molar-refractivity contribution < 1.29 is 40.4 Å². The van der Waals surface area contributed by atoms with E-state index in [0.717, 1.165) is 98.4 Å². The molecule has 0 aliphatic carbocycles. The summed E-state index contributed by atoms with van der Waals surface area (Å²) in [6.45, 7) is 7.46. The van der Waals surface area contributed by atoms with Gasteiger partial charge in [-0.3, -0.25) is 0 Å². The van der Waals surface area contributed by atoms with Gasteiger partial charge in [0, 0.05) is 98.4 Å². The van der Waals surface area contributed by atoms with Crippen molar-refractivity contribution >= 4 is 164 Å². The summed E-state index contributed by atoms with van der Waals surface area (Å²) in [7, 11) is 0. The first-order valence-electron chi connectivity index (χ1n) is 12.0. The molecule has 4 rings (SSSR count). The summed E-state index contributed by atoms with van der Waals surface area (Å²) in [5.41, 5.74) is 0. The van der Waals surface area contributed by atoms with Crippen LogP contribution in [0.15, 0.2) is 0 Å².